The number of amidine groups is 1. The number of pyridine rings is 1. The second kappa shape index (κ2) is 10.6. The van der Waals surface area contributed by atoms with Gasteiger partial charge in [0.15, 0.2) is 18.7 Å². The number of aliphatic hydroxyl groups is 1. The maximum absolute atomic E-state index is 12.4. The molecule has 0 fully saturated rings. The van der Waals surface area contributed by atoms with Crippen LogP contribution in [-0.2, 0) is 11.2 Å². The molecule has 152 valence electrons. The van der Waals surface area contributed by atoms with Gasteiger partial charge in [-0.15, -0.1) is 0 Å². The molecule has 28 heavy (non-hydrogen) atoms. The standard InChI is InChI=1S/C19H24N4O4.ClH/c1-12(22-18(24)14-6-8-23(26)9-7-14)16(19(25)27-2)11-13-4-3-5-15(10-13)17(20)21;/h3-10,12,16,19,25H,11H2,1-2H3,(H3,20,21)(H,22,24);1H/p-1/t12-,16-,19?;/m1./s1. The van der Waals surface area contributed by atoms with Gasteiger partial charge in [0.2, 0.25) is 0 Å². The molecule has 0 saturated heterocycles. The first-order chi connectivity index (χ1) is 12.8. The molecule has 0 spiro atoms. The number of methoxy groups -OCH3 is 1. The van der Waals surface area contributed by atoms with Crippen LogP contribution in [0.15, 0.2) is 48.8 Å². The first kappa shape index (κ1) is 23.4. The number of rotatable bonds is 8. The molecule has 1 aromatic carbocycles. The molecule has 0 saturated carbocycles. The van der Waals surface area contributed by atoms with E-state index in [1.165, 1.54) is 31.6 Å². The smallest absolute Gasteiger partial charge is 0.251 e. The van der Waals surface area contributed by atoms with Crippen LogP contribution in [0.1, 0.15) is 28.4 Å². The van der Waals surface area contributed by atoms with Crippen LogP contribution in [0.25, 0.3) is 0 Å². The zero-order chi connectivity index (χ0) is 20.0. The highest BCUT2D eigenvalue weighted by Crippen LogP contribution is 2.19. The molecule has 0 aliphatic carbocycles. The summed E-state index contributed by atoms with van der Waals surface area (Å²) in [6.07, 6.45) is 1.80. The van der Waals surface area contributed by atoms with E-state index in [9.17, 15) is 15.1 Å². The fourth-order valence-electron chi connectivity index (χ4n) is 2.80. The van der Waals surface area contributed by atoms with E-state index in [1.54, 1.807) is 25.1 Å². The predicted octanol–water partition coefficient (Wildman–Crippen LogP) is -2.45. The van der Waals surface area contributed by atoms with Crippen molar-refractivity contribution in [3.8, 4) is 0 Å². The summed E-state index contributed by atoms with van der Waals surface area (Å²) in [6.45, 7) is 1.77. The summed E-state index contributed by atoms with van der Waals surface area (Å²) in [4.78, 5) is 12.4. The monoisotopic (exact) mass is 407 g/mol. The zero-order valence-corrected chi connectivity index (χ0v) is 16.4. The fourth-order valence-corrected chi connectivity index (χ4v) is 2.80. The SMILES string of the molecule is COC(O)[C@H](Cc1cccc(C(=N)N)c1)[C@@H](C)NC(=O)c1cc[n+]([O-])cc1.[Cl-]. The summed E-state index contributed by atoms with van der Waals surface area (Å²) in [5.74, 6) is -0.829. The van der Waals surface area contributed by atoms with E-state index in [0.29, 0.717) is 22.3 Å². The molecule has 9 heteroatoms. The lowest BCUT2D eigenvalue weighted by Crippen LogP contribution is -3.00. The number of benzene rings is 1. The van der Waals surface area contributed by atoms with Crippen LogP contribution in [0.3, 0.4) is 0 Å². The minimum atomic E-state index is -1.10. The number of nitrogens with zero attached hydrogens (tertiary/aromatic N) is 1. The Bertz CT molecular complexity index is 801. The van der Waals surface area contributed by atoms with Crippen molar-refractivity contribution >= 4 is 11.7 Å². The van der Waals surface area contributed by atoms with Crippen molar-refractivity contribution in [1.29, 1.82) is 5.41 Å². The van der Waals surface area contributed by atoms with E-state index < -0.39 is 18.2 Å². The number of nitrogens with two attached hydrogens (primary N) is 1. The molecule has 5 N–H and O–H groups in total. The van der Waals surface area contributed by atoms with Gasteiger partial charge >= 0.3 is 0 Å². The molecular formula is C19H24ClN4O4-. The first-order valence-electron chi connectivity index (χ1n) is 8.45. The lowest BCUT2D eigenvalue weighted by Gasteiger charge is -2.28. The number of halogens is 1. The lowest BCUT2D eigenvalue weighted by molar-refractivity contribution is -0.605. The minimum absolute atomic E-state index is 0. The Hall–Kier alpha value is -2.68. The Morgan fingerprint density at radius 2 is 1.96 bits per heavy atom. The highest BCUT2D eigenvalue weighted by molar-refractivity contribution is 5.95. The highest BCUT2D eigenvalue weighted by atomic mass is 35.5. The summed E-state index contributed by atoms with van der Waals surface area (Å²) in [6, 6.07) is 9.58. The fraction of sp³-hybridized carbons (Fsp3) is 0.316. The van der Waals surface area contributed by atoms with Crippen molar-refractivity contribution in [1.82, 2.24) is 5.32 Å². The zero-order valence-electron chi connectivity index (χ0n) is 15.6. The molecule has 0 bridgehead atoms. The summed E-state index contributed by atoms with van der Waals surface area (Å²) in [5.41, 5.74) is 7.32. The number of nitrogen functional groups attached to an aromatic ring is 1. The van der Waals surface area contributed by atoms with Gasteiger partial charge in [-0.05, 0) is 25.0 Å². The van der Waals surface area contributed by atoms with E-state index in [2.05, 4.69) is 5.32 Å². The van der Waals surface area contributed by atoms with Gasteiger partial charge in [0, 0.05) is 36.8 Å². The second-order valence-corrected chi connectivity index (χ2v) is 6.32. The molecule has 1 heterocycles. The average Bonchev–Trinajstić information content (AvgIpc) is 2.66. The van der Waals surface area contributed by atoms with Crippen molar-refractivity contribution in [2.24, 2.45) is 11.7 Å². The maximum Gasteiger partial charge on any atom is 0.251 e. The van der Waals surface area contributed by atoms with Crippen LogP contribution in [0.5, 0.6) is 0 Å². The normalized spacial score (nSPS) is 13.7. The van der Waals surface area contributed by atoms with Crippen molar-refractivity contribution < 1.29 is 31.8 Å². The van der Waals surface area contributed by atoms with Crippen LogP contribution in [0.2, 0.25) is 0 Å². The Morgan fingerprint density at radius 1 is 1.32 bits per heavy atom. The number of hydrogen-bond acceptors (Lipinski definition) is 5. The molecule has 0 aliphatic rings. The molecule has 3 atom stereocenters. The third-order valence-corrected chi connectivity index (χ3v) is 4.38. The predicted molar refractivity (Wildman–Crippen MR) is 100.0 cm³/mol. The molecule has 0 aliphatic heterocycles. The Kier molecular flexibility index (Phi) is 8.84. The van der Waals surface area contributed by atoms with Gasteiger partial charge < -0.3 is 38.5 Å². The van der Waals surface area contributed by atoms with Gasteiger partial charge in [0.05, 0.1) is 5.56 Å². The largest absolute Gasteiger partial charge is 1.00 e. The Labute approximate surface area is 169 Å². The van der Waals surface area contributed by atoms with E-state index in [0.717, 1.165) is 5.56 Å². The molecular weight excluding hydrogens is 384 g/mol. The van der Waals surface area contributed by atoms with Crippen molar-refractivity contribution in [2.45, 2.75) is 25.7 Å². The molecule has 1 amide bonds. The molecule has 0 radical (unpaired) electrons. The number of hydrogen-bond donors (Lipinski definition) is 4. The third kappa shape index (κ3) is 6.19. The molecule has 2 rings (SSSR count). The van der Waals surface area contributed by atoms with Crippen LogP contribution >= 0.6 is 0 Å². The number of carbonyl (C=O) groups excluding carboxylic acids is 1. The Balaban J connectivity index is 0.00000392. The number of aromatic nitrogens is 1. The van der Waals surface area contributed by atoms with Crippen LogP contribution in [-0.4, -0.2) is 36.3 Å². The first-order valence-corrected chi connectivity index (χ1v) is 8.45. The van der Waals surface area contributed by atoms with Gasteiger partial charge in [-0.2, -0.15) is 4.73 Å². The number of amides is 1. The van der Waals surface area contributed by atoms with E-state index in [-0.39, 0.29) is 24.1 Å². The van der Waals surface area contributed by atoms with Gasteiger partial charge in [-0.25, -0.2) is 0 Å². The third-order valence-electron chi connectivity index (χ3n) is 4.38. The Morgan fingerprint density at radius 3 is 2.54 bits per heavy atom. The number of carbonyl (C=O) groups is 1. The second-order valence-electron chi connectivity index (χ2n) is 6.32. The van der Waals surface area contributed by atoms with Crippen LogP contribution in [0.4, 0.5) is 0 Å². The van der Waals surface area contributed by atoms with Gasteiger partial charge in [0.1, 0.15) is 5.84 Å². The van der Waals surface area contributed by atoms with Crippen molar-refractivity contribution in [3.63, 3.8) is 0 Å². The molecule has 1 unspecified atom stereocenters. The maximum atomic E-state index is 12.4. The number of nitrogens with one attached hydrogen (secondary N) is 2. The summed E-state index contributed by atoms with van der Waals surface area (Å²) in [7, 11) is 1.39. The minimum Gasteiger partial charge on any atom is -1.00 e. The lowest BCUT2D eigenvalue weighted by atomic mass is 9.91. The van der Waals surface area contributed by atoms with E-state index in [4.69, 9.17) is 15.9 Å². The van der Waals surface area contributed by atoms with Crippen LogP contribution in [0, 0.1) is 16.5 Å². The van der Waals surface area contributed by atoms with Crippen molar-refractivity contribution in [2.75, 3.05) is 7.11 Å². The van der Waals surface area contributed by atoms with Crippen molar-refractivity contribution in [3.05, 3.63) is 70.7 Å². The van der Waals surface area contributed by atoms with E-state index in [1.807, 2.05) is 6.07 Å². The molecule has 1 aromatic heterocycles. The quantitative estimate of drug-likeness (QED) is 0.127. The molecule has 2 aromatic rings. The average molecular weight is 408 g/mol. The van der Waals surface area contributed by atoms with Gasteiger partial charge in [0.25, 0.3) is 5.91 Å². The number of aliphatic hydroxyl groups excluding tert-OH is 1. The topological polar surface area (TPSA) is 135 Å². The van der Waals surface area contributed by atoms with E-state index >= 15 is 0 Å². The summed E-state index contributed by atoms with van der Waals surface area (Å²) >= 11 is 0. The van der Waals surface area contributed by atoms with Gasteiger partial charge in [-0.1, -0.05) is 18.2 Å². The van der Waals surface area contributed by atoms with Gasteiger partial charge in [-0.3, -0.25) is 10.2 Å². The number of ether oxygens (including phenoxy) is 1. The molecule has 8 nitrogen and oxygen atoms in total. The summed E-state index contributed by atoms with van der Waals surface area (Å²) in [5, 5.41) is 31.7. The highest BCUT2D eigenvalue weighted by Gasteiger charge is 2.27. The van der Waals surface area contributed by atoms with Crippen LogP contribution < -0.4 is 28.2 Å². The summed E-state index contributed by atoms with van der Waals surface area (Å²) < 4.78 is 5.68.